The van der Waals surface area contributed by atoms with Crippen molar-refractivity contribution in [3.8, 4) is 0 Å². The summed E-state index contributed by atoms with van der Waals surface area (Å²) in [6, 6.07) is 25.6. The maximum absolute atomic E-state index is 13.3. The number of anilines is 1. The lowest BCUT2D eigenvalue weighted by Gasteiger charge is -2.16. The molecule has 0 spiro atoms. The Morgan fingerprint density at radius 2 is 1.68 bits per heavy atom. The molecule has 0 aliphatic heterocycles. The van der Waals surface area contributed by atoms with Gasteiger partial charge in [-0.3, -0.25) is 4.79 Å². The van der Waals surface area contributed by atoms with E-state index in [9.17, 15) is 4.79 Å². The SMILES string of the molecule is Cc1ccc(C)c(NC(=O)C(Sc2nnc(Cc3ccccc3)o2)c2ccccc2)c1. The van der Waals surface area contributed by atoms with Crippen LogP contribution in [0.25, 0.3) is 0 Å². The zero-order valence-corrected chi connectivity index (χ0v) is 18.2. The first kappa shape index (κ1) is 20.9. The van der Waals surface area contributed by atoms with E-state index >= 15 is 0 Å². The van der Waals surface area contributed by atoms with Gasteiger partial charge in [0.25, 0.3) is 5.22 Å². The number of nitrogens with zero attached hydrogens (tertiary/aromatic N) is 2. The van der Waals surface area contributed by atoms with Crippen molar-refractivity contribution >= 4 is 23.4 Å². The van der Waals surface area contributed by atoms with Gasteiger partial charge < -0.3 is 9.73 Å². The Bertz CT molecular complexity index is 1160. The molecule has 0 aliphatic carbocycles. The van der Waals surface area contributed by atoms with Crippen LogP contribution in [0, 0.1) is 13.8 Å². The second-order valence-corrected chi connectivity index (χ2v) is 8.40. The number of carbonyl (C=O) groups is 1. The summed E-state index contributed by atoms with van der Waals surface area (Å²) in [5.41, 5.74) is 4.88. The molecule has 156 valence electrons. The Morgan fingerprint density at radius 3 is 2.42 bits per heavy atom. The molecule has 6 heteroatoms. The van der Waals surface area contributed by atoms with E-state index in [1.54, 1.807) is 0 Å². The van der Waals surface area contributed by atoms with E-state index in [1.807, 2.05) is 92.7 Å². The van der Waals surface area contributed by atoms with Crippen LogP contribution in [0.5, 0.6) is 0 Å². The Labute approximate surface area is 185 Å². The van der Waals surface area contributed by atoms with Crippen LogP contribution in [0.3, 0.4) is 0 Å². The van der Waals surface area contributed by atoms with Crippen LogP contribution in [0.1, 0.15) is 33.4 Å². The molecule has 1 N–H and O–H groups in total. The van der Waals surface area contributed by atoms with E-state index in [4.69, 9.17) is 4.42 Å². The van der Waals surface area contributed by atoms with Crippen molar-refractivity contribution in [3.63, 3.8) is 0 Å². The van der Waals surface area contributed by atoms with Crippen molar-refractivity contribution in [1.82, 2.24) is 10.2 Å². The fraction of sp³-hybridized carbons (Fsp3) is 0.160. The lowest BCUT2D eigenvalue weighted by atomic mass is 10.1. The van der Waals surface area contributed by atoms with Crippen LogP contribution in [0.15, 0.2) is 88.5 Å². The summed E-state index contributed by atoms with van der Waals surface area (Å²) >= 11 is 1.26. The number of nitrogens with one attached hydrogen (secondary N) is 1. The van der Waals surface area contributed by atoms with Crippen molar-refractivity contribution in [2.45, 2.75) is 30.7 Å². The molecular formula is C25H23N3O2S. The molecule has 4 rings (SSSR count). The maximum Gasteiger partial charge on any atom is 0.277 e. The van der Waals surface area contributed by atoms with Gasteiger partial charge in [0.05, 0.1) is 6.42 Å². The van der Waals surface area contributed by atoms with E-state index in [0.29, 0.717) is 17.5 Å². The molecule has 0 saturated heterocycles. The molecule has 1 atom stereocenters. The van der Waals surface area contributed by atoms with Gasteiger partial charge in [-0.25, -0.2) is 0 Å². The van der Waals surface area contributed by atoms with Gasteiger partial charge in [-0.15, -0.1) is 10.2 Å². The van der Waals surface area contributed by atoms with Crippen LogP contribution in [-0.2, 0) is 11.2 Å². The predicted molar refractivity (Wildman–Crippen MR) is 123 cm³/mol. The number of aryl methyl sites for hydroxylation is 2. The molecule has 1 unspecified atom stereocenters. The Kier molecular flexibility index (Phi) is 6.48. The summed E-state index contributed by atoms with van der Waals surface area (Å²) < 4.78 is 5.84. The smallest absolute Gasteiger partial charge is 0.277 e. The first-order valence-corrected chi connectivity index (χ1v) is 10.9. The van der Waals surface area contributed by atoms with E-state index in [-0.39, 0.29) is 5.91 Å². The van der Waals surface area contributed by atoms with Crippen LogP contribution in [-0.4, -0.2) is 16.1 Å². The summed E-state index contributed by atoms with van der Waals surface area (Å²) in [6.45, 7) is 3.98. The van der Waals surface area contributed by atoms with Gasteiger partial charge in [0, 0.05) is 5.69 Å². The highest BCUT2D eigenvalue weighted by Crippen LogP contribution is 2.36. The van der Waals surface area contributed by atoms with E-state index in [1.165, 1.54) is 11.8 Å². The molecule has 1 aromatic heterocycles. The lowest BCUT2D eigenvalue weighted by molar-refractivity contribution is -0.115. The minimum absolute atomic E-state index is 0.132. The Hall–Kier alpha value is -3.38. The van der Waals surface area contributed by atoms with Gasteiger partial charge in [0.15, 0.2) is 0 Å². The average Bonchev–Trinajstić information content (AvgIpc) is 3.23. The fourth-order valence-corrected chi connectivity index (χ4v) is 4.09. The van der Waals surface area contributed by atoms with Crippen LogP contribution in [0.2, 0.25) is 0 Å². The molecule has 4 aromatic rings. The highest BCUT2D eigenvalue weighted by Gasteiger charge is 2.25. The van der Waals surface area contributed by atoms with Gasteiger partial charge in [0.2, 0.25) is 11.8 Å². The quantitative estimate of drug-likeness (QED) is 0.379. The first-order valence-electron chi connectivity index (χ1n) is 10.0. The third kappa shape index (κ3) is 5.41. The van der Waals surface area contributed by atoms with Gasteiger partial charge in [-0.05, 0) is 53.9 Å². The van der Waals surface area contributed by atoms with Crippen molar-refractivity contribution in [2.75, 3.05) is 5.32 Å². The van der Waals surface area contributed by atoms with Gasteiger partial charge in [-0.1, -0.05) is 72.8 Å². The maximum atomic E-state index is 13.3. The molecular weight excluding hydrogens is 406 g/mol. The third-order valence-electron chi connectivity index (χ3n) is 4.86. The molecule has 1 heterocycles. The number of hydrogen-bond donors (Lipinski definition) is 1. The van der Waals surface area contributed by atoms with Crippen molar-refractivity contribution in [1.29, 1.82) is 0 Å². The van der Waals surface area contributed by atoms with Crippen LogP contribution >= 0.6 is 11.8 Å². The molecule has 0 radical (unpaired) electrons. The topological polar surface area (TPSA) is 68.0 Å². The molecule has 31 heavy (non-hydrogen) atoms. The predicted octanol–water partition coefficient (Wildman–Crippen LogP) is 5.75. The van der Waals surface area contributed by atoms with Gasteiger partial charge >= 0.3 is 0 Å². The van der Waals surface area contributed by atoms with Gasteiger partial charge in [-0.2, -0.15) is 0 Å². The van der Waals surface area contributed by atoms with Crippen molar-refractivity contribution in [2.24, 2.45) is 0 Å². The molecule has 0 bridgehead atoms. The zero-order valence-electron chi connectivity index (χ0n) is 17.4. The lowest BCUT2D eigenvalue weighted by Crippen LogP contribution is -2.19. The van der Waals surface area contributed by atoms with Crippen LogP contribution in [0.4, 0.5) is 5.69 Å². The number of aromatic nitrogens is 2. The second-order valence-electron chi connectivity index (χ2n) is 7.34. The Balaban J connectivity index is 1.55. The molecule has 5 nitrogen and oxygen atoms in total. The first-order chi connectivity index (χ1) is 15.1. The van der Waals surface area contributed by atoms with Crippen LogP contribution < -0.4 is 5.32 Å². The largest absolute Gasteiger partial charge is 0.416 e. The number of rotatable bonds is 7. The van der Waals surface area contributed by atoms with E-state index < -0.39 is 5.25 Å². The van der Waals surface area contributed by atoms with Crippen molar-refractivity contribution < 1.29 is 9.21 Å². The minimum Gasteiger partial charge on any atom is -0.416 e. The summed E-state index contributed by atoms with van der Waals surface area (Å²) in [5, 5.41) is 11.2. The number of benzene rings is 3. The average molecular weight is 430 g/mol. The highest BCUT2D eigenvalue weighted by molar-refractivity contribution is 8.00. The molecule has 0 aliphatic rings. The number of thioether (sulfide) groups is 1. The van der Waals surface area contributed by atoms with E-state index in [2.05, 4.69) is 15.5 Å². The molecule has 3 aromatic carbocycles. The zero-order chi connectivity index (χ0) is 21.6. The molecule has 0 fully saturated rings. The monoisotopic (exact) mass is 429 g/mol. The molecule has 1 amide bonds. The standard InChI is InChI=1S/C25H23N3O2S/c1-17-13-14-18(2)21(15-17)26-24(29)23(20-11-7-4-8-12-20)31-25-28-27-22(30-25)16-19-9-5-3-6-10-19/h3-15,23H,16H2,1-2H3,(H,26,29). The van der Waals surface area contributed by atoms with E-state index in [0.717, 1.165) is 27.9 Å². The molecule has 0 saturated carbocycles. The number of carbonyl (C=O) groups excluding carboxylic acids is 1. The number of amides is 1. The van der Waals surface area contributed by atoms with Gasteiger partial charge in [0.1, 0.15) is 5.25 Å². The summed E-state index contributed by atoms with van der Waals surface area (Å²) in [5.74, 6) is 0.392. The minimum atomic E-state index is -0.522. The summed E-state index contributed by atoms with van der Waals surface area (Å²) in [6.07, 6.45) is 0.555. The third-order valence-corrected chi connectivity index (χ3v) is 5.95. The highest BCUT2D eigenvalue weighted by atomic mass is 32.2. The number of hydrogen-bond acceptors (Lipinski definition) is 5. The summed E-state index contributed by atoms with van der Waals surface area (Å²) in [4.78, 5) is 13.3. The second kappa shape index (κ2) is 9.62. The summed E-state index contributed by atoms with van der Waals surface area (Å²) in [7, 11) is 0. The fourth-order valence-electron chi connectivity index (χ4n) is 3.20. The normalized spacial score (nSPS) is 11.8. The van der Waals surface area contributed by atoms with Crippen molar-refractivity contribution in [3.05, 3.63) is 107 Å². The Morgan fingerprint density at radius 1 is 0.968 bits per heavy atom.